The monoisotopic (exact) mass is 229 g/mol. The number of benzene rings is 1. The fraction of sp³-hybridized carbons (Fsp3) is 0. The van der Waals surface area contributed by atoms with Crippen LogP contribution >= 0.6 is 11.6 Å². The largest absolute Gasteiger partial charge is 0.339 e. The van der Waals surface area contributed by atoms with Gasteiger partial charge in [0.2, 0.25) is 0 Å². The number of nitrogens with zero attached hydrogens (tertiary/aromatic N) is 2. The summed E-state index contributed by atoms with van der Waals surface area (Å²) in [5, 5.41) is 12.3. The van der Waals surface area contributed by atoms with Gasteiger partial charge in [0.15, 0.2) is 0 Å². The first-order valence-electron chi connectivity index (χ1n) is 4.67. The molecule has 0 spiro atoms. The minimum atomic E-state index is 0.532. The molecule has 0 aliphatic heterocycles. The molecular formula is C12H8ClN3. The van der Waals surface area contributed by atoms with Gasteiger partial charge in [0.1, 0.15) is 11.9 Å². The zero-order valence-corrected chi connectivity index (χ0v) is 9.07. The van der Waals surface area contributed by atoms with E-state index in [1.165, 1.54) is 6.20 Å². The van der Waals surface area contributed by atoms with E-state index < -0.39 is 0 Å². The van der Waals surface area contributed by atoms with Gasteiger partial charge in [0, 0.05) is 6.20 Å². The highest BCUT2D eigenvalue weighted by Gasteiger charge is 2.00. The van der Waals surface area contributed by atoms with Crippen LogP contribution in [0.4, 0.5) is 11.5 Å². The Labute approximate surface area is 98.3 Å². The number of aromatic nitrogens is 1. The third-order valence-electron chi connectivity index (χ3n) is 2.03. The molecule has 0 amide bonds. The van der Waals surface area contributed by atoms with Crippen LogP contribution < -0.4 is 5.32 Å². The van der Waals surface area contributed by atoms with Crippen LogP contribution in [0.15, 0.2) is 42.6 Å². The SMILES string of the molecule is N#Cc1ccc(Nc2ccccc2Cl)nc1. The summed E-state index contributed by atoms with van der Waals surface area (Å²) in [6.45, 7) is 0. The Hall–Kier alpha value is -2.05. The summed E-state index contributed by atoms with van der Waals surface area (Å²) in [6, 6.07) is 12.9. The molecular weight excluding hydrogens is 222 g/mol. The van der Waals surface area contributed by atoms with Crippen LogP contribution in [0.2, 0.25) is 5.02 Å². The zero-order valence-electron chi connectivity index (χ0n) is 8.31. The molecule has 0 aliphatic carbocycles. The van der Waals surface area contributed by atoms with Crippen LogP contribution in [0.3, 0.4) is 0 Å². The normalized spacial score (nSPS) is 9.50. The van der Waals surface area contributed by atoms with Crippen molar-refractivity contribution in [3.05, 3.63) is 53.2 Å². The van der Waals surface area contributed by atoms with Crippen LogP contribution in [0.5, 0.6) is 0 Å². The summed E-state index contributed by atoms with van der Waals surface area (Å²) in [5.74, 6) is 0.659. The lowest BCUT2D eigenvalue weighted by Gasteiger charge is -2.06. The molecule has 2 aromatic rings. The average molecular weight is 230 g/mol. The van der Waals surface area contributed by atoms with Crippen LogP contribution in [0.1, 0.15) is 5.56 Å². The highest BCUT2D eigenvalue weighted by Crippen LogP contribution is 2.23. The van der Waals surface area contributed by atoms with Crippen molar-refractivity contribution in [3.8, 4) is 6.07 Å². The molecule has 1 aromatic carbocycles. The number of hydrogen-bond acceptors (Lipinski definition) is 3. The number of halogens is 1. The number of rotatable bonds is 2. The Morgan fingerprint density at radius 2 is 2.00 bits per heavy atom. The topological polar surface area (TPSA) is 48.7 Å². The molecule has 0 radical (unpaired) electrons. The maximum Gasteiger partial charge on any atom is 0.130 e. The third-order valence-corrected chi connectivity index (χ3v) is 2.36. The van der Waals surface area contributed by atoms with E-state index in [2.05, 4.69) is 10.3 Å². The number of pyridine rings is 1. The van der Waals surface area contributed by atoms with Gasteiger partial charge in [-0.25, -0.2) is 4.98 Å². The van der Waals surface area contributed by atoms with E-state index in [4.69, 9.17) is 16.9 Å². The maximum atomic E-state index is 8.63. The lowest BCUT2D eigenvalue weighted by molar-refractivity contribution is 1.29. The fourth-order valence-corrected chi connectivity index (χ4v) is 1.42. The summed E-state index contributed by atoms with van der Waals surface area (Å²) >= 11 is 5.99. The van der Waals surface area contributed by atoms with Crippen molar-refractivity contribution in [1.29, 1.82) is 5.26 Å². The molecule has 0 fully saturated rings. The molecule has 0 aliphatic rings. The molecule has 0 unspecified atom stereocenters. The van der Waals surface area contributed by atoms with E-state index in [0.29, 0.717) is 16.4 Å². The second kappa shape index (κ2) is 4.65. The first kappa shape index (κ1) is 10.5. The van der Waals surface area contributed by atoms with Crippen molar-refractivity contribution in [2.75, 3.05) is 5.32 Å². The zero-order chi connectivity index (χ0) is 11.4. The van der Waals surface area contributed by atoms with Gasteiger partial charge in [-0.15, -0.1) is 0 Å². The first-order valence-corrected chi connectivity index (χ1v) is 5.05. The summed E-state index contributed by atoms with van der Waals surface area (Å²) in [7, 11) is 0. The molecule has 1 aromatic heterocycles. The quantitative estimate of drug-likeness (QED) is 0.859. The number of anilines is 2. The molecule has 4 heteroatoms. The van der Waals surface area contributed by atoms with Crippen molar-refractivity contribution in [3.63, 3.8) is 0 Å². The van der Waals surface area contributed by atoms with Crippen LogP contribution in [-0.2, 0) is 0 Å². The second-order valence-corrected chi connectivity index (χ2v) is 3.56. The van der Waals surface area contributed by atoms with Crippen molar-refractivity contribution in [2.45, 2.75) is 0 Å². The van der Waals surface area contributed by atoms with E-state index >= 15 is 0 Å². The van der Waals surface area contributed by atoms with E-state index in [-0.39, 0.29) is 0 Å². The molecule has 0 atom stereocenters. The number of nitriles is 1. The van der Waals surface area contributed by atoms with Gasteiger partial charge < -0.3 is 5.32 Å². The minimum absolute atomic E-state index is 0.532. The van der Waals surface area contributed by atoms with E-state index in [1.807, 2.05) is 24.3 Å². The van der Waals surface area contributed by atoms with Crippen LogP contribution in [0, 0.1) is 11.3 Å². The predicted octanol–water partition coefficient (Wildman–Crippen LogP) is 3.35. The molecule has 78 valence electrons. The molecule has 1 N–H and O–H groups in total. The highest BCUT2D eigenvalue weighted by atomic mass is 35.5. The van der Waals surface area contributed by atoms with Crippen molar-refractivity contribution in [2.24, 2.45) is 0 Å². The van der Waals surface area contributed by atoms with Crippen LogP contribution in [-0.4, -0.2) is 4.98 Å². The molecule has 1 heterocycles. The van der Waals surface area contributed by atoms with Crippen molar-refractivity contribution >= 4 is 23.1 Å². The number of hydrogen-bond donors (Lipinski definition) is 1. The standard InChI is InChI=1S/C12H8ClN3/c13-10-3-1-2-4-11(10)16-12-6-5-9(7-14)8-15-12/h1-6,8H,(H,15,16). The molecule has 2 rings (SSSR count). The van der Waals surface area contributed by atoms with Crippen molar-refractivity contribution < 1.29 is 0 Å². The molecule has 0 bridgehead atoms. The Balaban J connectivity index is 2.22. The minimum Gasteiger partial charge on any atom is -0.339 e. The van der Waals surface area contributed by atoms with E-state index in [9.17, 15) is 0 Å². The van der Waals surface area contributed by atoms with Gasteiger partial charge in [0.25, 0.3) is 0 Å². The summed E-state index contributed by atoms with van der Waals surface area (Å²) < 4.78 is 0. The molecule has 0 saturated heterocycles. The molecule has 16 heavy (non-hydrogen) atoms. The highest BCUT2D eigenvalue weighted by molar-refractivity contribution is 6.33. The van der Waals surface area contributed by atoms with Crippen LogP contribution in [0.25, 0.3) is 0 Å². The molecule has 0 saturated carbocycles. The Morgan fingerprint density at radius 3 is 2.62 bits per heavy atom. The average Bonchev–Trinajstić information content (AvgIpc) is 2.33. The Bertz CT molecular complexity index is 529. The van der Waals surface area contributed by atoms with Gasteiger partial charge in [-0.2, -0.15) is 5.26 Å². The Kier molecular flexibility index (Phi) is 3.04. The fourth-order valence-electron chi connectivity index (χ4n) is 1.23. The van der Waals surface area contributed by atoms with Gasteiger partial charge in [-0.1, -0.05) is 23.7 Å². The summed E-state index contributed by atoms with van der Waals surface area (Å²) in [4.78, 5) is 4.09. The first-order chi connectivity index (χ1) is 7.79. The maximum absolute atomic E-state index is 8.63. The summed E-state index contributed by atoms with van der Waals surface area (Å²) in [5.41, 5.74) is 1.33. The molecule has 3 nitrogen and oxygen atoms in total. The van der Waals surface area contributed by atoms with Gasteiger partial charge in [-0.05, 0) is 24.3 Å². The third kappa shape index (κ3) is 2.30. The lowest BCUT2D eigenvalue weighted by atomic mass is 10.3. The number of nitrogens with one attached hydrogen (secondary N) is 1. The number of para-hydroxylation sites is 1. The van der Waals surface area contributed by atoms with E-state index in [0.717, 1.165) is 5.69 Å². The van der Waals surface area contributed by atoms with E-state index in [1.54, 1.807) is 18.2 Å². The van der Waals surface area contributed by atoms with Gasteiger partial charge in [0.05, 0.1) is 16.3 Å². The second-order valence-electron chi connectivity index (χ2n) is 3.15. The predicted molar refractivity (Wildman–Crippen MR) is 63.7 cm³/mol. The summed E-state index contributed by atoms with van der Waals surface area (Å²) in [6.07, 6.45) is 1.51. The van der Waals surface area contributed by atoms with Gasteiger partial charge in [-0.3, -0.25) is 0 Å². The lowest BCUT2D eigenvalue weighted by Crippen LogP contribution is -1.93. The van der Waals surface area contributed by atoms with Gasteiger partial charge >= 0.3 is 0 Å². The smallest absolute Gasteiger partial charge is 0.130 e. The Morgan fingerprint density at radius 1 is 1.19 bits per heavy atom. The van der Waals surface area contributed by atoms with Crippen molar-refractivity contribution in [1.82, 2.24) is 4.98 Å².